The molecule has 0 radical (unpaired) electrons. The summed E-state index contributed by atoms with van der Waals surface area (Å²) < 4.78 is 5.72. The van der Waals surface area contributed by atoms with Crippen LogP contribution in [-0.4, -0.2) is 40.7 Å². The van der Waals surface area contributed by atoms with E-state index >= 15 is 0 Å². The van der Waals surface area contributed by atoms with Gasteiger partial charge in [0.25, 0.3) is 5.91 Å². The summed E-state index contributed by atoms with van der Waals surface area (Å²) >= 11 is 12.1. The molecule has 0 spiro atoms. The Labute approximate surface area is 203 Å². The normalized spacial score (nSPS) is 13.1. The predicted molar refractivity (Wildman–Crippen MR) is 130 cm³/mol. The van der Waals surface area contributed by atoms with Gasteiger partial charge in [0.2, 0.25) is 5.91 Å². The van der Waals surface area contributed by atoms with Crippen molar-refractivity contribution in [2.24, 2.45) is 0 Å². The summed E-state index contributed by atoms with van der Waals surface area (Å²) in [6, 6.07) is 18.7. The van der Waals surface area contributed by atoms with Gasteiger partial charge in [0, 0.05) is 18.2 Å². The average Bonchev–Trinajstić information content (AvgIpc) is 3.57. The Morgan fingerprint density at radius 2 is 1.76 bits per heavy atom. The van der Waals surface area contributed by atoms with E-state index in [4.69, 9.17) is 27.6 Å². The van der Waals surface area contributed by atoms with Crippen LogP contribution in [0.1, 0.15) is 40.3 Å². The molecule has 33 heavy (non-hydrogen) atoms. The summed E-state index contributed by atoms with van der Waals surface area (Å²) in [5.41, 5.74) is 1.58. The van der Waals surface area contributed by atoms with Gasteiger partial charge in [-0.3, -0.25) is 9.59 Å². The number of aryl methyl sites for hydroxylation is 1. The molecule has 0 atom stereocenters. The van der Waals surface area contributed by atoms with Gasteiger partial charge in [0.15, 0.2) is 0 Å². The van der Waals surface area contributed by atoms with E-state index in [9.17, 15) is 9.59 Å². The molecule has 2 aromatic carbocycles. The van der Waals surface area contributed by atoms with Crippen LogP contribution in [-0.2, 0) is 17.8 Å². The SMILES string of the molecule is Cc1ccc(CN(CCc2ccccc2)C(=O)CN(C(=O)c2ccc(Cl)c(Cl)c2)C2CC2)o1. The van der Waals surface area contributed by atoms with E-state index in [0.29, 0.717) is 28.7 Å². The first-order valence-electron chi connectivity index (χ1n) is 11.0. The number of halogens is 2. The monoisotopic (exact) mass is 484 g/mol. The van der Waals surface area contributed by atoms with Gasteiger partial charge >= 0.3 is 0 Å². The molecule has 172 valence electrons. The number of nitrogens with zero attached hydrogens (tertiary/aromatic N) is 2. The smallest absolute Gasteiger partial charge is 0.254 e. The summed E-state index contributed by atoms with van der Waals surface area (Å²) in [4.78, 5) is 30.1. The van der Waals surface area contributed by atoms with Crippen LogP contribution in [0.2, 0.25) is 10.0 Å². The lowest BCUT2D eigenvalue weighted by Crippen LogP contribution is -2.44. The zero-order chi connectivity index (χ0) is 23.4. The molecule has 0 N–H and O–H groups in total. The van der Waals surface area contributed by atoms with Crippen molar-refractivity contribution >= 4 is 35.0 Å². The van der Waals surface area contributed by atoms with Gasteiger partial charge < -0.3 is 14.2 Å². The molecular weight excluding hydrogens is 459 g/mol. The molecule has 0 bridgehead atoms. The van der Waals surface area contributed by atoms with Gasteiger partial charge in [-0.1, -0.05) is 53.5 Å². The van der Waals surface area contributed by atoms with E-state index < -0.39 is 0 Å². The summed E-state index contributed by atoms with van der Waals surface area (Å²) in [6.07, 6.45) is 2.50. The van der Waals surface area contributed by atoms with E-state index in [1.807, 2.05) is 49.4 Å². The van der Waals surface area contributed by atoms with Crippen LogP contribution < -0.4 is 0 Å². The van der Waals surface area contributed by atoms with Crippen LogP contribution >= 0.6 is 23.2 Å². The largest absolute Gasteiger partial charge is 0.464 e. The number of rotatable bonds is 9. The molecule has 1 fully saturated rings. The molecule has 0 saturated heterocycles. The van der Waals surface area contributed by atoms with Crippen LogP contribution in [0.3, 0.4) is 0 Å². The Hall–Kier alpha value is -2.76. The van der Waals surface area contributed by atoms with E-state index in [0.717, 1.165) is 36.3 Å². The number of benzene rings is 2. The van der Waals surface area contributed by atoms with Crippen molar-refractivity contribution in [3.05, 3.63) is 93.4 Å². The summed E-state index contributed by atoms with van der Waals surface area (Å²) in [6.45, 7) is 2.78. The second-order valence-corrected chi connectivity index (χ2v) is 9.17. The zero-order valence-corrected chi connectivity index (χ0v) is 20.0. The Morgan fingerprint density at radius 3 is 2.39 bits per heavy atom. The first-order valence-corrected chi connectivity index (χ1v) is 11.8. The Bertz CT molecular complexity index is 1130. The standard InChI is InChI=1S/C26H26Cl2N2O3/c1-18-7-11-22(33-18)16-29(14-13-19-5-3-2-4-6-19)25(31)17-30(21-9-10-21)26(32)20-8-12-23(27)24(28)15-20/h2-8,11-12,15,21H,9-10,13-14,16-17H2,1H3. The highest BCUT2D eigenvalue weighted by atomic mass is 35.5. The summed E-state index contributed by atoms with van der Waals surface area (Å²) in [7, 11) is 0. The molecule has 1 heterocycles. The first-order chi connectivity index (χ1) is 15.9. The Balaban J connectivity index is 1.50. The third-order valence-corrected chi connectivity index (χ3v) is 6.47. The molecule has 0 unspecified atom stereocenters. The first kappa shape index (κ1) is 23.4. The number of amides is 2. The third kappa shape index (κ3) is 6.18. The molecule has 0 aliphatic heterocycles. The Morgan fingerprint density at radius 1 is 1.00 bits per heavy atom. The average molecular weight is 485 g/mol. The fraction of sp³-hybridized carbons (Fsp3) is 0.308. The fourth-order valence-electron chi connectivity index (χ4n) is 3.75. The lowest BCUT2D eigenvalue weighted by molar-refractivity contribution is -0.132. The van der Waals surface area contributed by atoms with Crippen molar-refractivity contribution in [1.82, 2.24) is 9.80 Å². The minimum atomic E-state index is -0.207. The van der Waals surface area contributed by atoms with Gasteiger partial charge in [0.05, 0.1) is 16.6 Å². The van der Waals surface area contributed by atoms with Crippen LogP contribution in [0.5, 0.6) is 0 Å². The lowest BCUT2D eigenvalue weighted by Gasteiger charge is -2.27. The number of carbonyl (C=O) groups excluding carboxylic acids is 2. The maximum atomic E-state index is 13.4. The van der Waals surface area contributed by atoms with Crippen molar-refractivity contribution in [2.45, 2.75) is 38.8 Å². The number of furan rings is 1. The van der Waals surface area contributed by atoms with Gasteiger partial charge in [0.1, 0.15) is 18.1 Å². The highest BCUT2D eigenvalue weighted by molar-refractivity contribution is 6.42. The van der Waals surface area contributed by atoms with Crippen molar-refractivity contribution < 1.29 is 14.0 Å². The molecule has 4 rings (SSSR count). The highest BCUT2D eigenvalue weighted by Crippen LogP contribution is 2.30. The van der Waals surface area contributed by atoms with Gasteiger partial charge in [-0.2, -0.15) is 0 Å². The van der Waals surface area contributed by atoms with Crippen molar-refractivity contribution in [2.75, 3.05) is 13.1 Å². The second-order valence-electron chi connectivity index (χ2n) is 8.36. The van der Waals surface area contributed by atoms with Crippen LogP contribution in [0, 0.1) is 6.92 Å². The van der Waals surface area contributed by atoms with Crippen LogP contribution in [0.4, 0.5) is 0 Å². The van der Waals surface area contributed by atoms with E-state index in [2.05, 4.69) is 0 Å². The molecule has 5 nitrogen and oxygen atoms in total. The van der Waals surface area contributed by atoms with Crippen molar-refractivity contribution in [3.8, 4) is 0 Å². The number of hydrogen-bond acceptors (Lipinski definition) is 3. The molecule has 1 aromatic heterocycles. The number of hydrogen-bond donors (Lipinski definition) is 0. The van der Waals surface area contributed by atoms with Crippen LogP contribution in [0.25, 0.3) is 0 Å². The molecule has 3 aromatic rings. The van der Waals surface area contributed by atoms with E-state index in [-0.39, 0.29) is 24.4 Å². The molecule has 1 aliphatic carbocycles. The quantitative estimate of drug-likeness (QED) is 0.387. The van der Waals surface area contributed by atoms with Crippen molar-refractivity contribution in [1.29, 1.82) is 0 Å². The van der Waals surface area contributed by atoms with Crippen molar-refractivity contribution in [3.63, 3.8) is 0 Å². The predicted octanol–water partition coefficient (Wildman–Crippen LogP) is 5.77. The van der Waals surface area contributed by atoms with Gasteiger partial charge in [-0.15, -0.1) is 0 Å². The minimum absolute atomic E-state index is 0.0121. The topological polar surface area (TPSA) is 53.8 Å². The van der Waals surface area contributed by atoms with Gasteiger partial charge in [-0.05, 0) is 62.1 Å². The van der Waals surface area contributed by atoms with Crippen LogP contribution in [0.15, 0.2) is 65.1 Å². The van der Waals surface area contributed by atoms with E-state index in [1.165, 1.54) is 0 Å². The molecule has 7 heteroatoms. The maximum absolute atomic E-state index is 13.4. The van der Waals surface area contributed by atoms with Gasteiger partial charge in [-0.25, -0.2) is 0 Å². The summed E-state index contributed by atoms with van der Waals surface area (Å²) in [5.74, 6) is 1.21. The molecule has 2 amide bonds. The molecule has 1 saturated carbocycles. The second kappa shape index (κ2) is 10.4. The summed E-state index contributed by atoms with van der Waals surface area (Å²) in [5, 5.41) is 0.713. The van der Waals surface area contributed by atoms with E-state index in [1.54, 1.807) is 28.0 Å². The molecule has 1 aliphatic rings. The highest BCUT2D eigenvalue weighted by Gasteiger charge is 2.35. The lowest BCUT2D eigenvalue weighted by atomic mass is 10.1. The maximum Gasteiger partial charge on any atom is 0.254 e. The zero-order valence-electron chi connectivity index (χ0n) is 18.5. The minimum Gasteiger partial charge on any atom is -0.464 e. The molecular formula is C26H26Cl2N2O3. The Kier molecular flexibility index (Phi) is 7.41. The third-order valence-electron chi connectivity index (χ3n) is 5.73. The number of carbonyl (C=O) groups is 2. The fourth-order valence-corrected chi connectivity index (χ4v) is 4.05.